The summed E-state index contributed by atoms with van der Waals surface area (Å²) in [5.74, 6) is 1.53. The van der Waals surface area contributed by atoms with Crippen molar-refractivity contribution in [3.8, 4) is 11.5 Å². The third-order valence-corrected chi connectivity index (χ3v) is 2.26. The minimum atomic E-state index is 0.603. The van der Waals surface area contributed by atoms with Crippen LogP contribution in [0, 0.1) is 6.92 Å². The van der Waals surface area contributed by atoms with E-state index < -0.39 is 0 Å². The van der Waals surface area contributed by atoms with Gasteiger partial charge in [0.05, 0.1) is 10.2 Å². The van der Waals surface area contributed by atoms with Crippen LogP contribution in [0.4, 0.5) is 0 Å². The monoisotopic (exact) mass is 229 g/mol. The molecule has 0 saturated heterocycles. The topological polar surface area (TPSA) is 31.4 Å². The van der Waals surface area contributed by atoms with Gasteiger partial charge in [-0.25, -0.2) is 0 Å². The first-order valence-corrected chi connectivity index (χ1v) is 4.49. The molecule has 1 aromatic rings. The molecule has 0 amide bonds. The lowest BCUT2D eigenvalue weighted by Gasteiger charge is -2.20. The molecule has 0 unspecified atom stereocenters. The lowest BCUT2D eigenvalue weighted by molar-refractivity contribution is 0.168. The van der Waals surface area contributed by atoms with Crippen LogP contribution in [0.1, 0.15) is 5.69 Å². The second-order valence-electron chi connectivity index (χ2n) is 2.55. The molecular weight excluding hydrogens is 222 g/mol. The predicted molar refractivity (Wildman–Crippen MR) is 47.7 cm³/mol. The van der Waals surface area contributed by atoms with E-state index in [9.17, 15) is 0 Å². The first-order valence-electron chi connectivity index (χ1n) is 3.70. The maximum atomic E-state index is 5.42. The fourth-order valence-corrected chi connectivity index (χ4v) is 1.53. The number of hydrogen-bond donors (Lipinski definition) is 0. The second kappa shape index (κ2) is 2.94. The zero-order valence-corrected chi connectivity index (χ0v) is 8.22. The molecule has 0 spiro atoms. The molecule has 12 heavy (non-hydrogen) atoms. The van der Waals surface area contributed by atoms with Crippen LogP contribution in [0.2, 0.25) is 0 Å². The van der Waals surface area contributed by atoms with Crippen LogP contribution in [0.5, 0.6) is 11.5 Å². The van der Waals surface area contributed by atoms with E-state index in [1.807, 2.05) is 6.92 Å². The van der Waals surface area contributed by atoms with Gasteiger partial charge < -0.3 is 9.47 Å². The van der Waals surface area contributed by atoms with Crippen molar-refractivity contribution >= 4 is 15.9 Å². The highest BCUT2D eigenvalue weighted by Gasteiger charge is 2.17. The van der Waals surface area contributed by atoms with Crippen LogP contribution in [0.15, 0.2) is 10.7 Å². The highest BCUT2D eigenvalue weighted by molar-refractivity contribution is 9.10. The standard InChI is InChI=1S/C8H8BrNO2/c1-5-7-8(6(9)4-10-5)12-3-2-11-7/h4H,2-3H2,1H3. The van der Waals surface area contributed by atoms with Gasteiger partial charge in [0, 0.05) is 6.20 Å². The Kier molecular flexibility index (Phi) is 1.92. The number of nitrogens with zero attached hydrogens (tertiary/aromatic N) is 1. The zero-order valence-electron chi connectivity index (χ0n) is 6.63. The van der Waals surface area contributed by atoms with Crippen molar-refractivity contribution < 1.29 is 9.47 Å². The summed E-state index contributed by atoms with van der Waals surface area (Å²) in [4.78, 5) is 4.14. The summed E-state index contributed by atoms with van der Waals surface area (Å²) in [6, 6.07) is 0. The van der Waals surface area contributed by atoms with Gasteiger partial charge in [-0.1, -0.05) is 0 Å². The highest BCUT2D eigenvalue weighted by atomic mass is 79.9. The van der Waals surface area contributed by atoms with E-state index in [1.54, 1.807) is 6.20 Å². The summed E-state index contributed by atoms with van der Waals surface area (Å²) in [6.45, 7) is 3.11. The van der Waals surface area contributed by atoms with Crippen LogP contribution < -0.4 is 9.47 Å². The van der Waals surface area contributed by atoms with Gasteiger partial charge in [-0.15, -0.1) is 0 Å². The van der Waals surface area contributed by atoms with Crippen LogP contribution >= 0.6 is 15.9 Å². The number of aromatic nitrogens is 1. The molecule has 1 aromatic heterocycles. The van der Waals surface area contributed by atoms with E-state index in [4.69, 9.17) is 9.47 Å². The lowest BCUT2D eigenvalue weighted by atomic mass is 10.3. The van der Waals surface area contributed by atoms with Crippen molar-refractivity contribution in [1.82, 2.24) is 4.98 Å². The normalized spacial score (nSPS) is 14.5. The van der Waals surface area contributed by atoms with Gasteiger partial charge in [0.25, 0.3) is 0 Å². The third-order valence-electron chi connectivity index (χ3n) is 1.70. The van der Waals surface area contributed by atoms with E-state index in [0.717, 1.165) is 21.7 Å². The maximum absolute atomic E-state index is 5.42. The van der Waals surface area contributed by atoms with Crippen LogP contribution in [0.25, 0.3) is 0 Å². The smallest absolute Gasteiger partial charge is 0.183 e. The number of halogens is 1. The average Bonchev–Trinajstić information content (AvgIpc) is 2.12. The molecule has 0 radical (unpaired) electrons. The Hall–Kier alpha value is -0.770. The molecule has 0 atom stereocenters. The molecule has 2 rings (SSSR count). The molecule has 4 heteroatoms. The quantitative estimate of drug-likeness (QED) is 0.682. The molecule has 1 aliphatic rings. The Bertz CT molecular complexity index is 283. The first-order chi connectivity index (χ1) is 5.79. The Labute approximate surface area is 78.8 Å². The van der Waals surface area contributed by atoms with E-state index >= 15 is 0 Å². The molecule has 0 saturated carbocycles. The largest absolute Gasteiger partial charge is 0.485 e. The van der Waals surface area contributed by atoms with Crippen LogP contribution in [-0.2, 0) is 0 Å². The van der Waals surface area contributed by atoms with Crippen molar-refractivity contribution in [1.29, 1.82) is 0 Å². The second-order valence-corrected chi connectivity index (χ2v) is 3.40. The van der Waals surface area contributed by atoms with Crippen LogP contribution in [0.3, 0.4) is 0 Å². The Morgan fingerprint density at radius 2 is 2.00 bits per heavy atom. The van der Waals surface area contributed by atoms with Crippen LogP contribution in [-0.4, -0.2) is 18.2 Å². The molecule has 2 heterocycles. The molecule has 3 nitrogen and oxygen atoms in total. The number of ether oxygens (including phenoxy) is 2. The van der Waals surface area contributed by atoms with Gasteiger partial charge in [-0.05, 0) is 22.9 Å². The molecule has 0 aromatic carbocycles. The Balaban J connectivity index is 2.57. The highest BCUT2D eigenvalue weighted by Crippen LogP contribution is 2.38. The minimum absolute atomic E-state index is 0.603. The summed E-state index contributed by atoms with van der Waals surface area (Å²) in [7, 11) is 0. The van der Waals surface area contributed by atoms with Gasteiger partial charge in [-0.3, -0.25) is 4.98 Å². The number of pyridine rings is 1. The summed E-state index contributed by atoms with van der Waals surface area (Å²) >= 11 is 3.35. The van der Waals surface area contributed by atoms with Gasteiger partial charge in [-0.2, -0.15) is 0 Å². The van der Waals surface area contributed by atoms with Crippen molar-refractivity contribution in [3.63, 3.8) is 0 Å². The zero-order chi connectivity index (χ0) is 8.55. The van der Waals surface area contributed by atoms with E-state index in [1.165, 1.54) is 0 Å². The van der Waals surface area contributed by atoms with Crippen molar-refractivity contribution in [2.75, 3.05) is 13.2 Å². The molecular formula is C8H8BrNO2. The van der Waals surface area contributed by atoms with Crippen molar-refractivity contribution in [2.45, 2.75) is 6.92 Å². The number of aryl methyl sites for hydroxylation is 1. The molecule has 0 bridgehead atoms. The number of rotatable bonds is 0. The molecule has 0 fully saturated rings. The molecule has 1 aliphatic heterocycles. The Morgan fingerprint density at radius 3 is 2.67 bits per heavy atom. The summed E-state index contributed by atoms with van der Waals surface area (Å²) in [6.07, 6.45) is 1.73. The maximum Gasteiger partial charge on any atom is 0.183 e. The van der Waals surface area contributed by atoms with E-state index in [0.29, 0.717) is 13.2 Å². The summed E-state index contributed by atoms with van der Waals surface area (Å²) < 4.78 is 11.7. The van der Waals surface area contributed by atoms with Gasteiger partial charge in [0.2, 0.25) is 0 Å². The van der Waals surface area contributed by atoms with E-state index in [2.05, 4.69) is 20.9 Å². The van der Waals surface area contributed by atoms with Crippen molar-refractivity contribution in [3.05, 3.63) is 16.4 Å². The predicted octanol–water partition coefficient (Wildman–Crippen LogP) is 1.92. The van der Waals surface area contributed by atoms with E-state index in [-0.39, 0.29) is 0 Å². The minimum Gasteiger partial charge on any atom is -0.485 e. The average molecular weight is 230 g/mol. The SMILES string of the molecule is Cc1ncc(Br)c2c1OCCO2. The Morgan fingerprint density at radius 1 is 1.33 bits per heavy atom. The van der Waals surface area contributed by atoms with Gasteiger partial charge in [0.1, 0.15) is 13.2 Å². The fourth-order valence-electron chi connectivity index (χ4n) is 1.14. The molecule has 64 valence electrons. The molecule has 0 N–H and O–H groups in total. The number of hydrogen-bond acceptors (Lipinski definition) is 3. The van der Waals surface area contributed by atoms with Crippen molar-refractivity contribution in [2.24, 2.45) is 0 Å². The summed E-state index contributed by atoms with van der Waals surface area (Å²) in [5.41, 5.74) is 0.868. The lowest BCUT2D eigenvalue weighted by Crippen LogP contribution is -2.16. The first kappa shape index (κ1) is 7.86. The third kappa shape index (κ3) is 1.16. The fraction of sp³-hybridized carbons (Fsp3) is 0.375. The van der Waals surface area contributed by atoms with Gasteiger partial charge >= 0.3 is 0 Å². The van der Waals surface area contributed by atoms with Gasteiger partial charge in [0.15, 0.2) is 11.5 Å². The number of fused-ring (bicyclic) bond motifs is 1. The summed E-state index contributed by atoms with van der Waals surface area (Å²) in [5, 5.41) is 0. The molecule has 0 aliphatic carbocycles.